The fourth-order valence-electron chi connectivity index (χ4n) is 2.19. The first kappa shape index (κ1) is 12.9. The summed E-state index contributed by atoms with van der Waals surface area (Å²) in [5.74, 6) is 0.993. The Bertz CT molecular complexity index is 448. The molecule has 0 radical (unpaired) electrons. The molecule has 1 N–H and O–H groups in total. The van der Waals surface area contributed by atoms with Gasteiger partial charge in [0.15, 0.2) is 0 Å². The third-order valence-electron chi connectivity index (χ3n) is 3.37. The number of benzene rings is 1. The van der Waals surface area contributed by atoms with Gasteiger partial charge in [-0.1, -0.05) is 18.2 Å². The van der Waals surface area contributed by atoms with Crippen molar-refractivity contribution in [2.75, 3.05) is 13.2 Å². The first-order chi connectivity index (χ1) is 8.62. The van der Waals surface area contributed by atoms with Crippen LogP contribution in [0.15, 0.2) is 24.3 Å². The second-order valence-corrected chi connectivity index (χ2v) is 5.45. The van der Waals surface area contributed by atoms with E-state index in [0.29, 0.717) is 12.6 Å². The molecule has 1 atom stereocenters. The third kappa shape index (κ3) is 3.02. The van der Waals surface area contributed by atoms with E-state index in [-0.39, 0.29) is 5.41 Å². The van der Waals surface area contributed by atoms with Crippen molar-refractivity contribution < 1.29 is 4.74 Å². The molecule has 0 aromatic heterocycles. The van der Waals surface area contributed by atoms with Crippen LogP contribution in [0.1, 0.15) is 38.3 Å². The number of ether oxygens (including phenoxy) is 1. The highest BCUT2D eigenvalue weighted by molar-refractivity contribution is 5.39. The predicted octanol–water partition coefficient (Wildman–Crippen LogP) is 3.04. The average molecular weight is 244 g/mol. The van der Waals surface area contributed by atoms with Gasteiger partial charge >= 0.3 is 0 Å². The van der Waals surface area contributed by atoms with Gasteiger partial charge in [-0.25, -0.2) is 0 Å². The molecule has 0 bridgehead atoms. The zero-order valence-corrected chi connectivity index (χ0v) is 11.1. The van der Waals surface area contributed by atoms with Crippen LogP contribution in [0.3, 0.4) is 0 Å². The van der Waals surface area contributed by atoms with Crippen LogP contribution >= 0.6 is 0 Å². The maximum Gasteiger partial charge on any atom is 0.124 e. The summed E-state index contributed by atoms with van der Waals surface area (Å²) in [6.45, 7) is 5.61. The van der Waals surface area contributed by atoms with Crippen molar-refractivity contribution >= 4 is 0 Å². The second-order valence-electron chi connectivity index (χ2n) is 5.45. The molecule has 1 aromatic carbocycles. The van der Waals surface area contributed by atoms with Crippen molar-refractivity contribution in [1.82, 2.24) is 5.32 Å². The van der Waals surface area contributed by atoms with Crippen LogP contribution in [-0.4, -0.2) is 13.2 Å². The van der Waals surface area contributed by atoms with Crippen LogP contribution in [0.4, 0.5) is 0 Å². The number of nitrogens with one attached hydrogen (secondary N) is 1. The molecule has 3 heteroatoms. The van der Waals surface area contributed by atoms with Crippen LogP contribution in [0.25, 0.3) is 0 Å². The summed E-state index contributed by atoms with van der Waals surface area (Å²) >= 11 is 0. The van der Waals surface area contributed by atoms with Crippen LogP contribution in [0.2, 0.25) is 0 Å². The van der Waals surface area contributed by atoms with E-state index in [0.717, 1.165) is 25.1 Å². The van der Waals surface area contributed by atoms with Crippen LogP contribution in [0.5, 0.6) is 5.75 Å². The van der Waals surface area contributed by atoms with Crippen molar-refractivity contribution in [3.05, 3.63) is 29.8 Å². The Morgan fingerprint density at radius 3 is 3.00 bits per heavy atom. The number of rotatable bonds is 5. The number of nitrogens with zero attached hydrogens (tertiary/aromatic N) is 1. The number of hydrogen-bond acceptors (Lipinski definition) is 3. The van der Waals surface area contributed by atoms with E-state index in [1.54, 1.807) is 0 Å². The van der Waals surface area contributed by atoms with Gasteiger partial charge < -0.3 is 10.1 Å². The summed E-state index contributed by atoms with van der Waals surface area (Å²) in [6.07, 6.45) is 1.94. The summed E-state index contributed by atoms with van der Waals surface area (Å²) < 4.78 is 5.62. The maximum absolute atomic E-state index is 8.94. The van der Waals surface area contributed by atoms with Crippen molar-refractivity contribution in [3.8, 4) is 11.8 Å². The largest absolute Gasteiger partial charge is 0.491 e. The van der Waals surface area contributed by atoms with Gasteiger partial charge in [-0.15, -0.1) is 0 Å². The third-order valence-corrected chi connectivity index (χ3v) is 3.37. The lowest BCUT2D eigenvalue weighted by atomic mass is 9.90. The summed E-state index contributed by atoms with van der Waals surface area (Å²) in [5, 5.41) is 12.4. The van der Waals surface area contributed by atoms with Gasteiger partial charge in [0.05, 0.1) is 17.5 Å². The molecule has 1 unspecified atom stereocenters. The highest BCUT2D eigenvalue weighted by Gasteiger charge is 2.23. The van der Waals surface area contributed by atoms with E-state index in [2.05, 4.69) is 17.5 Å². The number of nitriles is 1. The van der Waals surface area contributed by atoms with E-state index in [1.807, 2.05) is 32.0 Å². The zero-order valence-electron chi connectivity index (χ0n) is 11.1. The fourth-order valence-corrected chi connectivity index (χ4v) is 2.19. The monoisotopic (exact) mass is 244 g/mol. The second kappa shape index (κ2) is 5.41. The molecular formula is C15H20N2O. The van der Waals surface area contributed by atoms with E-state index >= 15 is 0 Å². The summed E-state index contributed by atoms with van der Waals surface area (Å²) in [7, 11) is 0. The first-order valence-electron chi connectivity index (χ1n) is 6.49. The standard InChI is InChI=1S/C15H20N2O/c1-15(2,11-16)8-5-9-17-13-10-18-14-7-4-3-6-12(13)14/h3-4,6-7,13,17H,5,8-10H2,1-2H3. The molecule has 18 heavy (non-hydrogen) atoms. The van der Waals surface area contributed by atoms with Crippen LogP contribution in [0, 0.1) is 16.7 Å². The molecule has 1 aliphatic heterocycles. The quantitative estimate of drug-likeness (QED) is 0.810. The molecule has 2 rings (SSSR count). The molecular weight excluding hydrogens is 224 g/mol. The minimum atomic E-state index is -0.217. The molecule has 0 spiro atoms. The van der Waals surface area contributed by atoms with Gasteiger partial charge in [-0.3, -0.25) is 0 Å². The van der Waals surface area contributed by atoms with Crippen molar-refractivity contribution in [2.24, 2.45) is 5.41 Å². The molecule has 0 saturated carbocycles. The minimum absolute atomic E-state index is 0.217. The molecule has 1 heterocycles. The van der Waals surface area contributed by atoms with Gasteiger partial charge in [-0.05, 0) is 39.3 Å². The normalized spacial score (nSPS) is 17.9. The molecule has 1 aliphatic rings. The van der Waals surface area contributed by atoms with E-state index in [1.165, 1.54) is 5.56 Å². The highest BCUT2D eigenvalue weighted by Crippen LogP contribution is 2.31. The van der Waals surface area contributed by atoms with Crippen molar-refractivity contribution in [1.29, 1.82) is 5.26 Å². The predicted molar refractivity (Wildman–Crippen MR) is 71.3 cm³/mol. The highest BCUT2D eigenvalue weighted by atomic mass is 16.5. The van der Waals surface area contributed by atoms with Gasteiger partial charge in [0.2, 0.25) is 0 Å². The summed E-state index contributed by atoms with van der Waals surface area (Å²) in [4.78, 5) is 0. The molecule has 0 amide bonds. The van der Waals surface area contributed by atoms with E-state index < -0.39 is 0 Å². The van der Waals surface area contributed by atoms with Crippen LogP contribution in [-0.2, 0) is 0 Å². The molecule has 0 saturated heterocycles. The Morgan fingerprint density at radius 1 is 1.44 bits per heavy atom. The Kier molecular flexibility index (Phi) is 3.88. The lowest BCUT2D eigenvalue weighted by molar-refractivity contribution is 0.307. The minimum Gasteiger partial charge on any atom is -0.491 e. The first-order valence-corrected chi connectivity index (χ1v) is 6.49. The number of hydrogen-bond donors (Lipinski definition) is 1. The van der Waals surface area contributed by atoms with Gasteiger partial charge in [0, 0.05) is 5.56 Å². The smallest absolute Gasteiger partial charge is 0.124 e. The lowest BCUT2D eigenvalue weighted by Gasteiger charge is -2.16. The molecule has 0 fully saturated rings. The summed E-state index contributed by atoms with van der Waals surface area (Å²) in [6, 6.07) is 10.8. The van der Waals surface area contributed by atoms with Crippen LogP contribution < -0.4 is 10.1 Å². The van der Waals surface area contributed by atoms with E-state index in [9.17, 15) is 0 Å². The molecule has 96 valence electrons. The van der Waals surface area contributed by atoms with Crippen molar-refractivity contribution in [3.63, 3.8) is 0 Å². The molecule has 3 nitrogen and oxygen atoms in total. The van der Waals surface area contributed by atoms with Gasteiger partial charge in [0.1, 0.15) is 12.4 Å². The molecule has 1 aromatic rings. The Morgan fingerprint density at radius 2 is 2.22 bits per heavy atom. The van der Waals surface area contributed by atoms with Crippen molar-refractivity contribution in [2.45, 2.75) is 32.7 Å². The fraction of sp³-hybridized carbons (Fsp3) is 0.533. The SMILES string of the molecule is CC(C)(C#N)CCCNC1COc2ccccc21. The average Bonchev–Trinajstić information content (AvgIpc) is 2.78. The number of fused-ring (bicyclic) bond motifs is 1. The zero-order chi connectivity index (χ0) is 13.0. The Hall–Kier alpha value is -1.53. The Balaban J connectivity index is 1.78. The summed E-state index contributed by atoms with van der Waals surface area (Å²) in [5.41, 5.74) is 1.03. The lowest BCUT2D eigenvalue weighted by Crippen LogP contribution is -2.24. The maximum atomic E-state index is 8.94. The topological polar surface area (TPSA) is 45.0 Å². The molecule has 0 aliphatic carbocycles. The van der Waals surface area contributed by atoms with Gasteiger partial charge in [0.25, 0.3) is 0 Å². The number of para-hydroxylation sites is 1. The Labute approximate surface area is 109 Å². The van der Waals surface area contributed by atoms with E-state index in [4.69, 9.17) is 10.00 Å². The van der Waals surface area contributed by atoms with Gasteiger partial charge in [-0.2, -0.15) is 5.26 Å².